The number of carbonyl (C=O) groups excluding carboxylic acids is 1. The van der Waals surface area contributed by atoms with Crippen LogP contribution in [0.1, 0.15) is 26.6 Å². The van der Waals surface area contributed by atoms with Crippen molar-refractivity contribution in [2.45, 2.75) is 40.3 Å². The number of rotatable bonds is 7. The van der Waals surface area contributed by atoms with Crippen molar-refractivity contribution in [1.29, 1.82) is 0 Å². The summed E-state index contributed by atoms with van der Waals surface area (Å²) < 4.78 is 2.07. The van der Waals surface area contributed by atoms with Crippen molar-refractivity contribution >= 4 is 6.03 Å². The second-order valence-corrected chi connectivity index (χ2v) is 5.53. The molecule has 0 fully saturated rings. The molecule has 0 aliphatic heterocycles. The van der Waals surface area contributed by atoms with Crippen LogP contribution in [0.3, 0.4) is 0 Å². The molecule has 3 atom stereocenters. The lowest BCUT2D eigenvalue weighted by atomic mass is 10.1. The first kappa shape index (κ1) is 16.5. The third-order valence-corrected chi connectivity index (χ3v) is 3.54. The quantitative estimate of drug-likeness (QED) is 0.702. The number of aryl methyl sites for hydroxylation is 1. The normalized spacial score (nSPS) is 15.4. The molecular formula is C14H26N4O2. The highest BCUT2D eigenvalue weighted by atomic mass is 16.3. The van der Waals surface area contributed by atoms with Crippen molar-refractivity contribution in [3.8, 4) is 0 Å². The van der Waals surface area contributed by atoms with Crippen LogP contribution in [0, 0.1) is 18.8 Å². The molecule has 0 saturated carbocycles. The summed E-state index contributed by atoms with van der Waals surface area (Å²) in [6.07, 6.45) is 3.72. The van der Waals surface area contributed by atoms with Crippen molar-refractivity contribution < 1.29 is 9.90 Å². The van der Waals surface area contributed by atoms with E-state index in [2.05, 4.69) is 27.1 Å². The van der Waals surface area contributed by atoms with Gasteiger partial charge in [0, 0.05) is 38.1 Å². The van der Waals surface area contributed by atoms with Gasteiger partial charge in [-0.1, -0.05) is 13.8 Å². The van der Waals surface area contributed by atoms with Crippen LogP contribution in [-0.4, -0.2) is 39.9 Å². The average molecular weight is 282 g/mol. The van der Waals surface area contributed by atoms with Gasteiger partial charge in [0.25, 0.3) is 0 Å². The third kappa shape index (κ3) is 5.21. The van der Waals surface area contributed by atoms with E-state index in [4.69, 9.17) is 5.11 Å². The van der Waals surface area contributed by atoms with Crippen molar-refractivity contribution in [3.05, 3.63) is 18.2 Å². The molecule has 0 bridgehead atoms. The fourth-order valence-corrected chi connectivity index (χ4v) is 1.82. The predicted octanol–water partition coefficient (Wildman–Crippen LogP) is 1.14. The number of aromatic nitrogens is 2. The van der Waals surface area contributed by atoms with Crippen molar-refractivity contribution in [1.82, 2.24) is 20.2 Å². The summed E-state index contributed by atoms with van der Waals surface area (Å²) >= 11 is 0. The number of amides is 2. The zero-order valence-electron chi connectivity index (χ0n) is 12.8. The number of urea groups is 1. The molecule has 1 aromatic heterocycles. The maximum Gasteiger partial charge on any atom is 0.315 e. The van der Waals surface area contributed by atoms with Crippen LogP contribution >= 0.6 is 0 Å². The van der Waals surface area contributed by atoms with Gasteiger partial charge in [0.2, 0.25) is 0 Å². The van der Waals surface area contributed by atoms with E-state index in [9.17, 15) is 4.79 Å². The molecule has 2 amide bonds. The number of nitrogens with zero attached hydrogens (tertiary/aromatic N) is 2. The van der Waals surface area contributed by atoms with E-state index in [1.807, 2.05) is 27.0 Å². The predicted molar refractivity (Wildman–Crippen MR) is 78.4 cm³/mol. The van der Waals surface area contributed by atoms with E-state index in [0.717, 1.165) is 12.4 Å². The Hall–Kier alpha value is -1.56. The van der Waals surface area contributed by atoms with Gasteiger partial charge in [0.05, 0.1) is 0 Å². The Kier molecular flexibility index (Phi) is 6.51. The highest BCUT2D eigenvalue weighted by Crippen LogP contribution is 2.03. The lowest BCUT2D eigenvalue weighted by molar-refractivity contribution is 0.199. The summed E-state index contributed by atoms with van der Waals surface area (Å²) in [6, 6.07) is -0.238. The van der Waals surface area contributed by atoms with Crippen molar-refractivity contribution in [3.63, 3.8) is 0 Å². The van der Waals surface area contributed by atoms with E-state index in [0.29, 0.717) is 12.5 Å². The molecule has 0 saturated heterocycles. The standard InChI is InChI=1S/C14H26N4O2/c1-10(8-18-6-5-15-13(18)4)7-16-14(20)17-12(3)11(2)9-19/h5-6,10-12,19H,7-9H2,1-4H3,(H2,16,17,20). The lowest BCUT2D eigenvalue weighted by Crippen LogP contribution is -2.45. The molecule has 6 nitrogen and oxygen atoms in total. The van der Waals surface area contributed by atoms with Gasteiger partial charge < -0.3 is 20.3 Å². The molecule has 1 rings (SSSR count). The van der Waals surface area contributed by atoms with Gasteiger partial charge in [-0.25, -0.2) is 9.78 Å². The monoisotopic (exact) mass is 282 g/mol. The summed E-state index contributed by atoms with van der Waals surface area (Å²) in [7, 11) is 0. The summed E-state index contributed by atoms with van der Waals surface area (Å²) in [5.74, 6) is 1.35. The molecule has 0 radical (unpaired) electrons. The molecule has 1 heterocycles. The van der Waals surface area contributed by atoms with Gasteiger partial charge in [-0.3, -0.25) is 0 Å². The number of hydrogen-bond donors (Lipinski definition) is 3. The molecule has 0 aromatic carbocycles. The summed E-state index contributed by atoms with van der Waals surface area (Å²) in [5, 5.41) is 14.7. The topological polar surface area (TPSA) is 79.2 Å². The first-order chi connectivity index (χ1) is 9.43. The Morgan fingerprint density at radius 1 is 1.45 bits per heavy atom. The van der Waals surface area contributed by atoms with Gasteiger partial charge >= 0.3 is 6.03 Å². The van der Waals surface area contributed by atoms with E-state index >= 15 is 0 Å². The Morgan fingerprint density at radius 2 is 2.15 bits per heavy atom. The Morgan fingerprint density at radius 3 is 2.70 bits per heavy atom. The van der Waals surface area contributed by atoms with Crippen LogP contribution in [0.2, 0.25) is 0 Å². The van der Waals surface area contributed by atoms with Gasteiger partial charge in [0.15, 0.2) is 0 Å². The second-order valence-electron chi connectivity index (χ2n) is 5.53. The van der Waals surface area contributed by atoms with Crippen LogP contribution in [0.4, 0.5) is 4.79 Å². The minimum atomic E-state index is -0.188. The zero-order valence-corrected chi connectivity index (χ0v) is 12.8. The molecule has 20 heavy (non-hydrogen) atoms. The van der Waals surface area contributed by atoms with E-state index < -0.39 is 0 Å². The third-order valence-electron chi connectivity index (χ3n) is 3.54. The highest BCUT2D eigenvalue weighted by molar-refractivity contribution is 5.74. The number of nitrogens with one attached hydrogen (secondary N) is 2. The molecule has 0 spiro atoms. The van der Waals surface area contributed by atoms with Crippen molar-refractivity contribution in [2.24, 2.45) is 11.8 Å². The maximum absolute atomic E-state index is 11.7. The van der Waals surface area contributed by atoms with E-state index in [1.165, 1.54) is 0 Å². The Bertz CT molecular complexity index is 419. The minimum Gasteiger partial charge on any atom is -0.396 e. The Balaban J connectivity index is 2.28. The number of hydrogen-bond acceptors (Lipinski definition) is 3. The van der Waals surface area contributed by atoms with Crippen LogP contribution in [0.5, 0.6) is 0 Å². The van der Waals surface area contributed by atoms with Crippen molar-refractivity contribution in [2.75, 3.05) is 13.2 Å². The van der Waals surface area contributed by atoms with Gasteiger partial charge in [-0.2, -0.15) is 0 Å². The molecule has 3 unspecified atom stereocenters. The molecule has 0 aliphatic carbocycles. The molecule has 3 N–H and O–H groups in total. The summed E-state index contributed by atoms with van der Waals surface area (Å²) in [4.78, 5) is 15.9. The minimum absolute atomic E-state index is 0.0479. The van der Waals surface area contributed by atoms with Gasteiger partial charge in [-0.15, -0.1) is 0 Å². The average Bonchev–Trinajstić information content (AvgIpc) is 2.81. The van der Waals surface area contributed by atoms with E-state index in [-0.39, 0.29) is 24.6 Å². The number of aliphatic hydroxyl groups is 1. The second kappa shape index (κ2) is 7.89. The number of carbonyl (C=O) groups is 1. The molecule has 114 valence electrons. The SMILES string of the molecule is Cc1nccn1CC(C)CNC(=O)NC(C)C(C)CO. The summed E-state index contributed by atoms with van der Waals surface area (Å²) in [5.41, 5.74) is 0. The van der Waals surface area contributed by atoms with Crippen LogP contribution in [0.25, 0.3) is 0 Å². The smallest absolute Gasteiger partial charge is 0.315 e. The van der Waals surface area contributed by atoms with Crippen LogP contribution in [-0.2, 0) is 6.54 Å². The largest absolute Gasteiger partial charge is 0.396 e. The molecular weight excluding hydrogens is 256 g/mol. The number of aliphatic hydroxyl groups excluding tert-OH is 1. The Labute approximate surface area is 120 Å². The first-order valence-electron chi connectivity index (χ1n) is 7.07. The summed E-state index contributed by atoms with van der Waals surface area (Å²) in [6.45, 7) is 9.33. The van der Waals surface area contributed by atoms with Crippen LogP contribution < -0.4 is 10.6 Å². The highest BCUT2D eigenvalue weighted by Gasteiger charge is 2.14. The van der Waals surface area contributed by atoms with Gasteiger partial charge in [-0.05, 0) is 25.7 Å². The molecule has 0 aliphatic rings. The van der Waals surface area contributed by atoms with Gasteiger partial charge in [0.1, 0.15) is 5.82 Å². The maximum atomic E-state index is 11.7. The fourth-order valence-electron chi connectivity index (χ4n) is 1.82. The molecule has 1 aromatic rings. The van der Waals surface area contributed by atoms with E-state index in [1.54, 1.807) is 6.20 Å². The molecule has 6 heteroatoms. The lowest BCUT2D eigenvalue weighted by Gasteiger charge is -2.20. The first-order valence-corrected chi connectivity index (χ1v) is 7.07. The van der Waals surface area contributed by atoms with Crippen LogP contribution in [0.15, 0.2) is 12.4 Å². The fraction of sp³-hybridized carbons (Fsp3) is 0.714. The zero-order chi connectivity index (χ0) is 15.1. The number of imidazole rings is 1.